The summed E-state index contributed by atoms with van der Waals surface area (Å²) in [7, 11) is 2.34. The molecule has 0 aromatic carbocycles. The Bertz CT molecular complexity index is 311. The van der Waals surface area contributed by atoms with E-state index in [0.717, 1.165) is 25.7 Å². The molecule has 0 aliphatic heterocycles. The number of hydrogen-bond acceptors (Lipinski definition) is 3. The lowest BCUT2D eigenvalue weighted by Gasteiger charge is -2.51. The molecule has 2 atom stereocenters. The second kappa shape index (κ2) is 11.9. The Balaban J connectivity index is 5.84. The molecule has 0 heterocycles. The Morgan fingerprint density at radius 3 is 1.12 bits per heavy atom. The first-order valence-electron chi connectivity index (χ1n) is 10.8. The van der Waals surface area contributed by atoms with Crippen LogP contribution in [0, 0.1) is 0 Å². The van der Waals surface area contributed by atoms with Crippen LogP contribution in [0.5, 0.6) is 0 Å². The van der Waals surface area contributed by atoms with E-state index in [1.165, 1.54) is 32.6 Å². The minimum atomic E-state index is 0.0351. The van der Waals surface area contributed by atoms with E-state index in [-0.39, 0.29) is 23.3 Å². The van der Waals surface area contributed by atoms with Crippen LogP contribution >= 0.6 is 0 Å². The number of nitrogens with one attached hydrogen (secondary N) is 1. The topological polar surface area (TPSA) is 30.5 Å². The van der Waals surface area contributed by atoms with E-state index in [4.69, 9.17) is 9.47 Å². The number of hydrogen-bond donors (Lipinski definition) is 1. The van der Waals surface area contributed by atoms with Crippen LogP contribution in [0.2, 0.25) is 12.1 Å². The van der Waals surface area contributed by atoms with Crippen molar-refractivity contribution in [2.24, 2.45) is 0 Å². The summed E-state index contributed by atoms with van der Waals surface area (Å²) >= 11 is 0. The summed E-state index contributed by atoms with van der Waals surface area (Å²) in [5.74, 6) is 0. The third-order valence-electron chi connectivity index (χ3n) is 5.87. The largest absolute Gasteiger partial charge is 0.374 e. The van der Waals surface area contributed by atoms with Crippen molar-refractivity contribution in [3.05, 3.63) is 0 Å². The monoisotopic (exact) mass is 389 g/mol. The third-order valence-corrected chi connectivity index (χ3v) is 7.35. The Labute approximate surface area is 164 Å². The summed E-state index contributed by atoms with van der Waals surface area (Å²) in [5.41, 5.74) is 0.0701. The normalized spacial score (nSPS) is 16.1. The van der Waals surface area contributed by atoms with E-state index >= 15 is 0 Å². The van der Waals surface area contributed by atoms with Gasteiger partial charge in [0.25, 0.3) is 0 Å². The first kappa shape index (κ1) is 25.3. The van der Waals surface area contributed by atoms with Crippen molar-refractivity contribution in [3.8, 4) is 0 Å². The summed E-state index contributed by atoms with van der Waals surface area (Å²) < 4.78 is 12.8. The van der Waals surface area contributed by atoms with E-state index in [0.29, 0.717) is 12.2 Å². The van der Waals surface area contributed by atoms with Crippen LogP contribution in [0.4, 0.5) is 0 Å². The lowest BCUT2D eigenvalue weighted by atomic mass is 9.78. The van der Waals surface area contributed by atoms with Crippen LogP contribution in [0.15, 0.2) is 0 Å². The maximum atomic E-state index is 6.42. The van der Waals surface area contributed by atoms with Gasteiger partial charge < -0.3 is 14.8 Å². The molecular formula is C20H47NO2Si2. The lowest BCUT2D eigenvalue weighted by Crippen LogP contribution is -2.67. The van der Waals surface area contributed by atoms with Crippen LogP contribution in [-0.2, 0) is 9.47 Å². The summed E-state index contributed by atoms with van der Waals surface area (Å²) in [6.07, 6.45) is 5.53. The Hall–Kier alpha value is 0.314. The van der Waals surface area contributed by atoms with Crippen LogP contribution in [0.1, 0.15) is 81.1 Å². The van der Waals surface area contributed by atoms with Gasteiger partial charge in [-0.2, -0.15) is 0 Å². The molecule has 0 saturated carbocycles. The van der Waals surface area contributed by atoms with Crippen molar-refractivity contribution in [1.82, 2.24) is 5.32 Å². The van der Waals surface area contributed by atoms with Crippen molar-refractivity contribution in [1.29, 1.82) is 0 Å². The van der Waals surface area contributed by atoms with E-state index in [9.17, 15) is 0 Å². The smallest absolute Gasteiger partial charge is 0.0728 e. The van der Waals surface area contributed by atoms with Gasteiger partial charge in [-0.25, -0.2) is 0 Å². The summed E-state index contributed by atoms with van der Waals surface area (Å²) in [6.45, 7) is 17.9. The predicted octanol–water partition coefficient (Wildman–Crippen LogP) is 2.85. The van der Waals surface area contributed by atoms with Gasteiger partial charge in [-0.3, -0.25) is 0 Å². The molecule has 3 nitrogen and oxygen atoms in total. The van der Waals surface area contributed by atoms with Crippen molar-refractivity contribution in [3.63, 3.8) is 0 Å². The van der Waals surface area contributed by atoms with Crippen LogP contribution in [0.25, 0.3) is 0 Å². The molecule has 25 heavy (non-hydrogen) atoms. The highest BCUT2D eigenvalue weighted by atomic mass is 28.1. The first-order chi connectivity index (χ1) is 11.7. The minimum Gasteiger partial charge on any atom is -0.374 e. The van der Waals surface area contributed by atoms with Gasteiger partial charge in [0.05, 0.1) is 24.4 Å². The van der Waals surface area contributed by atoms with E-state index in [1.807, 2.05) is 0 Å². The van der Waals surface area contributed by atoms with Gasteiger partial charge in [0.15, 0.2) is 0 Å². The highest BCUT2D eigenvalue weighted by Gasteiger charge is 2.45. The van der Waals surface area contributed by atoms with Gasteiger partial charge in [0.2, 0.25) is 0 Å². The maximum Gasteiger partial charge on any atom is 0.0728 e. The van der Waals surface area contributed by atoms with Crippen molar-refractivity contribution in [2.45, 2.75) is 129 Å². The molecular weight excluding hydrogens is 342 g/mol. The van der Waals surface area contributed by atoms with Crippen LogP contribution < -0.4 is 5.32 Å². The van der Waals surface area contributed by atoms with Crippen molar-refractivity contribution in [2.75, 3.05) is 0 Å². The molecule has 1 N–H and O–H groups in total. The standard InChI is InChI=1S/C20H47NO2Si2/c1-9-19(10-2,17(13-24)22-15(5)6)21-20(11-3,12-4)18(14-25)23-16(7)8/h15-18,21H,9-14H2,1-8,24-25H3. The molecule has 0 spiro atoms. The van der Waals surface area contributed by atoms with Gasteiger partial charge in [-0.1, -0.05) is 27.7 Å². The molecule has 0 radical (unpaired) electrons. The van der Waals surface area contributed by atoms with Gasteiger partial charge in [-0.05, 0) is 65.5 Å². The molecule has 5 heteroatoms. The fourth-order valence-corrected chi connectivity index (χ4v) is 6.26. The van der Waals surface area contributed by atoms with Gasteiger partial charge in [-0.15, -0.1) is 0 Å². The zero-order valence-electron chi connectivity index (χ0n) is 18.9. The maximum absolute atomic E-state index is 6.42. The minimum absolute atomic E-state index is 0.0351. The first-order valence-corrected chi connectivity index (χ1v) is 13.6. The molecule has 0 saturated heterocycles. The average Bonchev–Trinajstić information content (AvgIpc) is 2.60. The SMILES string of the molecule is CCC(CC)(NC(CC)(CC)C(C[SiH3])OC(C)C)C(C[SiH3])OC(C)C. The van der Waals surface area contributed by atoms with Gasteiger partial charge in [0, 0.05) is 31.6 Å². The van der Waals surface area contributed by atoms with E-state index < -0.39 is 0 Å². The summed E-state index contributed by atoms with van der Waals surface area (Å²) in [4.78, 5) is 0. The van der Waals surface area contributed by atoms with Crippen molar-refractivity contribution >= 4 is 20.5 Å². The zero-order valence-corrected chi connectivity index (χ0v) is 22.9. The average molecular weight is 390 g/mol. The molecule has 0 amide bonds. The molecule has 2 unspecified atom stereocenters. The van der Waals surface area contributed by atoms with Crippen LogP contribution in [0.3, 0.4) is 0 Å². The van der Waals surface area contributed by atoms with Crippen molar-refractivity contribution < 1.29 is 9.47 Å². The second-order valence-electron chi connectivity index (χ2n) is 8.01. The lowest BCUT2D eigenvalue weighted by molar-refractivity contribution is -0.0864. The molecule has 0 bridgehead atoms. The van der Waals surface area contributed by atoms with Gasteiger partial charge >= 0.3 is 0 Å². The highest BCUT2D eigenvalue weighted by molar-refractivity contribution is 6.09. The molecule has 0 rings (SSSR count). The summed E-state index contributed by atoms with van der Waals surface area (Å²) in [5, 5.41) is 4.19. The Kier molecular flexibility index (Phi) is 12.1. The number of ether oxygens (including phenoxy) is 2. The molecule has 0 aromatic heterocycles. The third kappa shape index (κ3) is 6.76. The van der Waals surface area contributed by atoms with Gasteiger partial charge in [0.1, 0.15) is 0 Å². The Morgan fingerprint density at radius 1 is 0.680 bits per heavy atom. The Morgan fingerprint density at radius 2 is 0.960 bits per heavy atom. The second-order valence-corrected chi connectivity index (χ2v) is 9.65. The van der Waals surface area contributed by atoms with E-state index in [1.54, 1.807) is 0 Å². The van der Waals surface area contributed by atoms with E-state index in [2.05, 4.69) is 60.7 Å². The number of rotatable bonds is 14. The highest BCUT2D eigenvalue weighted by Crippen LogP contribution is 2.34. The zero-order chi connectivity index (χ0) is 19.7. The quantitative estimate of drug-likeness (QED) is 0.463. The molecule has 152 valence electrons. The molecule has 0 aromatic rings. The summed E-state index contributed by atoms with van der Waals surface area (Å²) in [6, 6.07) is 2.35. The predicted molar refractivity (Wildman–Crippen MR) is 119 cm³/mol. The molecule has 0 fully saturated rings. The fourth-order valence-electron chi connectivity index (χ4n) is 4.31. The molecule has 0 aliphatic carbocycles. The molecule has 0 aliphatic rings. The van der Waals surface area contributed by atoms with Crippen LogP contribution in [-0.4, -0.2) is 56.0 Å². The fraction of sp³-hybridized carbons (Fsp3) is 1.00.